The average molecular weight is 585 g/mol. The van der Waals surface area contributed by atoms with Crippen LogP contribution in [0.5, 0.6) is 0 Å². The van der Waals surface area contributed by atoms with E-state index in [-0.39, 0.29) is 30.4 Å². The Morgan fingerprint density at radius 2 is 0.929 bits per heavy atom. The minimum atomic E-state index is -1.04. The number of aliphatic imine (C=N–C) groups is 4. The average Bonchev–Trinajstić information content (AvgIpc) is 3.63. The number of urea groups is 1. The van der Waals surface area contributed by atoms with Gasteiger partial charge >= 0.3 is 6.03 Å². The molecule has 9 nitrogen and oxygen atoms in total. The molecular weight excluding hydrogens is 528 g/mol. The quantitative estimate of drug-likeness (QED) is 0.117. The zero-order valence-corrected chi connectivity index (χ0v) is 26.6. The van der Waals surface area contributed by atoms with Crippen LogP contribution in [0.2, 0.25) is 0 Å². The number of rotatable bonds is 25. The molecule has 2 amide bonds. The summed E-state index contributed by atoms with van der Waals surface area (Å²) in [5.74, 6) is -0.120. The van der Waals surface area contributed by atoms with E-state index in [0.717, 1.165) is 12.8 Å². The van der Waals surface area contributed by atoms with Crippen molar-refractivity contribution >= 4 is 42.5 Å². The van der Waals surface area contributed by atoms with Gasteiger partial charge in [-0.05, 0) is 33.1 Å². The van der Waals surface area contributed by atoms with Crippen molar-refractivity contribution in [1.29, 1.82) is 0 Å². The maximum Gasteiger partial charge on any atom is 0.317 e. The molecule has 2 aliphatic rings. The summed E-state index contributed by atoms with van der Waals surface area (Å²) in [6.45, 7) is 7.17. The molecule has 0 spiro atoms. The predicted octanol–water partition coefficient (Wildman–Crippen LogP) is 6.92. The number of hydrogen-bond donors (Lipinski definition) is 1. The van der Waals surface area contributed by atoms with Gasteiger partial charge in [-0.2, -0.15) is 0 Å². The molecule has 236 valence electrons. The first-order valence-electron chi connectivity index (χ1n) is 16.6. The van der Waals surface area contributed by atoms with Gasteiger partial charge in [-0.25, -0.2) is 4.79 Å². The SMILES string of the molecule is CCCCCCCCCCCCCCCCNC(=O)N(CCCC(=O)C1(C)N=CC=N1)CCCC(=O)C1(C)N=CC=N1. The van der Waals surface area contributed by atoms with Gasteiger partial charge in [0.25, 0.3) is 0 Å². The van der Waals surface area contributed by atoms with Crippen molar-refractivity contribution in [3.63, 3.8) is 0 Å². The number of hydrogen-bond acceptors (Lipinski definition) is 7. The molecule has 0 saturated carbocycles. The third kappa shape index (κ3) is 13.5. The molecule has 42 heavy (non-hydrogen) atoms. The van der Waals surface area contributed by atoms with Crippen molar-refractivity contribution in [2.45, 2.75) is 148 Å². The van der Waals surface area contributed by atoms with Gasteiger partial charge in [0.2, 0.25) is 11.3 Å². The van der Waals surface area contributed by atoms with E-state index in [9.17, 15) is 14.4 Å². The summed E-state index contributed by atoms with van der Waals surface area (Å²) >= 11 is 0. The number of carbonyl (C=O) groups is 3. The lowest BCUT2D eigenvalue weighted by Gasteiger charge is -2.24. The molecule has 2 rings (SSSR count). The highest BCUT2D eigenvalue weighted by Gasteiger charge is 2.33. The molecule has 0 aromatic rings. The van der Waals surface area contributed by atoms with Gasteiger partial charge in [-0.1, -0.05) is 90.4 Å². The van der Waals surface area contributed by atoms with Crippen LogP contribution in [-0.2, 0) is 9.59 Å². The van der Waals surface area contributed by atoms with Crippen LogP contribution in [0, 0.1) is 0 Å². The lowest BCUT2D eigenvalue weighted by molar-refractivity contribution is -0.123. The summed E-state index contributed by atoms with van der Waals surface area (Å²) in [4.78, 5) is 56.6. The maximum absolute atomic E-state index is 13.0. The number of amides is 2. The minimum Gasteiger partial charge on any atom is -0.338 e. The largest absolute Gasteiger partial charge is 0.338 e. The Balaban J connectivity index is 1.62. The molecule has 2 aliphatic heterocycles. The number of carbonyl (C=O) groups excluding carboxylic acids is 3. The van der Waals surface area contributed by atoms with E-state index in [1.165, 1.54) is 77.0 Å². The Hall–Kier alpha value is -2.71. The molecule has 0 aliphatic carbocycles. The third-order valence-electron chi connectivity index (χ3n) is 8.25. The van der Waals surface area contributed by atoms with Crippen LogP contribution in [0.15, 0.2) is 20.0 Å². The van der Waals surface area contributed by atoms with E-state index in [1.54, 1.807) is 43.6 Å². The summed E-state index contributed by atoms with van der Waals surface area (Å²) < 4.78 is 0. The summed E-state index contributed by atoms with van der Waals surface area (Å²) in [7, 11) is 0. The molecule has 0 aromatic carbocycles. The molecule has 0 unspecified atom stereocenters. The number of nitrogens with one attached hydrogen (secondary N) is 1. The molecule has 2 heterocycles. The lowest BCUT2D eigenvalue weighted by Crippen LogP contribution is -2.42. The molecule has 0 bridgehead atoms. The van der Waals surface area contributed by atoms with Crippen LogP contribution >= 0.6 is 0 Å². The number of Topliss-reactive ketones (excluding diaryl/α,β-unsaturated/α-hetero) is 2. The number of ketones is 2. The zero-order chi connectivity index (χ0) is 30.5. The normalized spacial score (nSPS) is 15.9. The molecule has 0 saturated heterocycles. The van der Waals surface area contributed by atoms with E-state index >= 15 is 0 Å². The van der Waals surface area contributed by atoms with Crippen molar-refractivity contribution in [3.05, 3.63) is 0 Å². The van der Waals surface area contributed by atoms with E-state index in [4.69, 9.17) is 0 Å². The first-order chi connectivity index (χ1) is 20.3. The number of nitrogens with zero attached hydrogens (tertiary/aromatic N) is 5. The van der Waals surface area contributed by atoms with Crippen LogP contribution < -0.4 is 5.32 Å². The molecule has 0 aromatic heterocycles. The lowest BCUT2D eigenvalue weighted by atomic mass is 10.0. The van der Waals surface area contributed by atoms with Crippen LogP contribution in [0.25, 0.3) is 0 Å². The fraction of sp³-hybridized carbons (Fsp3) is 0.788. The van der Waals surface area contributed by atoms with Gasteiger partial charge < -0.3 is 10.2 Å². The van der Waals surface area contributed by atoms with Crippen molar-refractivity contribution in [2.75, 3.05) is 19.6 Å². The van der Waals surface area contributed by atoms with Gasteiger partial charge in [0.15, 0.2) is 11.6 Å². The van der Waals surface area contributed by atoms with Crippen LogP contribution in [0.1, 0.15) is 136 Å². The highest BCUT2D eigenvalue weighted by molar-refractivity contribution is 6.20. The second-order valence-corrected chi connectivity index (χ2v) is 12.0. The molecular formula is C33H56N6O3. The molecule has 1 N–H and O–H groups in total. The Morgan fingerprint density at radius 1 is 0.571 bits per heavy atom. The first-order valence-corrected chi connectivity index (χ1v) is 16.6. The van der Waals surface area contributed by atoms with Crippen molar-refractivity contribution in [2.24, 2.45) is 20.0 Å². The zero-order valence-electron chi connectivity index (χ0n) is 26.6. The minimum absolute atomic E-state index is 0.0599. The third-order valence-corrected chi connectivity index (χ3v) is 8.25. The smallest absolute Gasteiger partial charge is 0.317 e. The molecule has 0 radical (unpaired) electrons. The molecule has 0 atom stereocenters. The van der Waals surface area contributed by atoms with E-state index in [1.807, 2.05) is 0 Å². The van der Waals surface area contributed by atoms with Crippen molar-refractivity contribution in [1.82, 2.24) is 10.2 Å². The monoisotopic (exact) mass is 584 g/mol. The topological polar surface area (TPSA) is 116 Å². The highest BCUT2D eigenvalue weighted by Crippen LogP contribution is 2.20. The van der Waals surface area contributed by atoms with Crippen LogP contribution in [0.3, 0.4) is 0 Å². The number of unbranched alkanes of at least 4 members (excludes halogenated alkanes) is 13. The van der Waals surface area contributed by atoms with Gasteiger partial charge in [-0.15, -0.1) is 0 Å². The van der Waals surface area contributed by atoms with E-state index < -0.39 is 11.3 Å². The fourth-order valence-electron chi connectivity index (χ4n) is 5.34. The first kappa shape index (κ1) is 35.5. The second-order valence-electron chi connectivity index (χ2n) is 12.0. The van der Waals surface area contributed by atoms with Crippen LogP contribution in [-0.4, -0.2) is 78.3 Å². The molecule has 9 heteroatoms. The van der Waals surface area contributed by atoms with E-state index in [0.29, 0.717) is 32.5 Å². The van der Waals surface area contributed by atoms with Gasteiger partial charge in [0.05, 0.1) is 0 Å². The summed E-state index contributed by atoms with van der Waals surface area (Å²) in [5.41, 5.74) is -2.07. The molecule has 0 fully saturated rings. The predicted molar refractivity (Wildman–Crippen MR) is 175 cm³/mol. The summed E-state index contributed by atoms with van der Waals surface area (Å²) in [6, 6.07) is -0.143. The fourth-order valence-corrected chi connectivity index (χ4v) is 5.34. The Labute approximate surface area is 254 Å². The van der Waals surface area contributed by atoms with Gasteiger partial charge in [0.1, 0.15) is 0 Å². The van der Waals surface area contributed by atoms with Gasteiger partial charge in [-0.3, -0.25) is 29.6 Å². The second kappa shape index (κ2) is 20.2. The summed E-state index contributed by atoms with van der Waals surface area (Å²) in [6.07, 6.45) is 26.0. The highest BCUT2D eigenvalue weighted by atomic mass is 16.2. The van der Waals surface area contributed by atoms with Crippen molar-refractivity contribution < 1.29 is 14.4 Å². The van der Waals surface area contributed by atoms with Crippen molar-refractivity contribution in [3.8, 4) is 0 Å². The Kier molecular flexibility index (Phi) is 17.1. The Morgan fingerprint density at radius 3 is 1.31 bits per heavy atom. The van der Waals surface area contributed by atoms with Crippen LogP contribution in [0.4, 0.5) is 4.79 Å². The Bertz CT molecular complexity index is 866. The maximum atomic E-state index is 13.0. The van der Waals surface area contributed by atoms with Gasteiger partial charge in [0, 0.05) is 57.3 Å². The van der Waals surface area contributed by atoms with E-state index in [2.05, 4.69) is 32.2 Å². The standard InChI is InChI=1S/C33H56N6O3/c1-4-5-6-7-8-9-10-11-12-13-14-15-16-17-22-34-31(42)39(27-18-20-29(40)32(2)35-23-24-36-32)28-19-21-30(41)33(3)37-25-26-38-33/h23-26H,4-22,27-28H2,1-3H3,(H,34,42). The summed E-state index contributed by atoms with van der Waals surface area (Å²) in [5, 5.41) is 3.05.